The summed E-state index contributed by atoms with van der Waals surface area (Å²) in [4.78, 5) is 14.4. The maximum atomic E-state index is 14.4. The molecular weight excluding hydrogens is 836 g/mol. The Hall–Kier alpha value is -1.39. The number of aliphatic hydroxyl groups is 10. The van der Waals surface area contributed by atoms with Crippen molar-refractivity contribution >= 4 is 5.97 Å². The van der Waals surface area contributed by atoms with Crippen molar-refractivity contribution in [3.8, 4) is 0 Å². The van der Waals surface area contributed by atoms with Gasteiger partial charge in [0.2, 0.25) is 6.29 Å². The second-order valence-electron chi connectivity index (χ2n) is 23.0. The van der Waals surface area contributed by atoms with Gasteiger partial charge in [-0.05, 0) is 109 Å². The standard InChI is InChI=1S/C47H76O17/c1-43(2)16-22-21(23(17-43)39(58)64-42-38(57)35(54)33(52)27(62-42)20-60-40-37(56)34(53)32(51)26(18-48)61-40)10-14-46(6)24(22)8-9-29-45(5)13-12-30(44(3,4)28(45)11-15-47(29,46)7)63-41-36(55)31(50)25(49)19-59-41/h8,21-23,25-38,40-42,48-57H,9-20H2,1-7H3/t21-,22-,23-,25+,26-,27-,28+,29-,30+,31+,32-,33-,34+,35+,36-,37-,38-,40-,41+,42+,45+,46-,47-/m1/s1. The summed E-state index contributed by atoms with van der Waals surface area (Å²) in [6.07, 6.45) is -10.8. The van der Waals surface area contributed by atoms with Crippen LogP contribution in [0, 0.1) is 56.7 Å². The molecule has 3 aliphatic heterocycles. The highest BCUT2D eigenvalue weighted by Crippen LogP contribution is 2.75. The molecule has 5 aliphatic carbocycles. The summed E-state index contributed by atoms with van der Waals surface area (Å²) in [6, 6.07) is 0. The fraction of sp³-hybridized carbons (Fsp3) is 0.936. The minimum Gasteiger partial charge on any atom is -0.432 e. The first-order valence-electron chi connectivity index (χ1n) is 23.7. The van der Waals surface area contributed by atoms with Gasteiger partial charge in [-0.2, -0.15) is 0 Å². The average molecular weight is 913 g/mol. The van der Waals surface area contributed by atoms with E-state index in [1.807, 2.05) is 0 Å². The zero-order valence-corrected chi connectivity index (χ0v) is 38.4. The van der Waals surface area contributed by atoms with Gasteiger partial charge in [-0.25, -0.2) is 0 Å². The third-order valence-electron chi connectivity index (χ3n) is 18.6. The molecule has 8 aliphatic rings. The molecule has 0 bridgehead atoms. The van der Waals surface area contributed by atoms with Gasteiger partial charge in [-0.3, -0.25) is 4.79 Å². The van der Waals surface area contributed by atoms with Crippen molar-refractivity contribution in [1.29, 1.82) is 0 Å². The van der Waals surface area contributed by atoms with Crippen LogP contribution >= 0.6 is 0 Å². The Labute approximate surface area is 376 Å². The van der Waals surface area contributed by atoms with Crippen molar-refractivity contribution in [3.05, 3.63) is 11.6 Å². The zero-order valence-electron chi connectivity index (χ0n) is 38.4. The van der Waals surface area contributed by atoms with E-state index in [1.54, 1.807) is 0 Å². The minimum absolute atomic E-state index is 0.00508. The molecule has 0 spiro atoms. The van der Waals surface area contributed by atoms with E-state index in [-0.39, 0.29) is 51.6 Å². The maximum absolute atomic E-state index is 14.4. The molecule has 0 aromatic carbocycles. The highest BCUT2D eigenvalue weighted by Gasteiger charge is 2.68. The van der Waals surface area contributed by atoms with Crippen molar-refractivity contribution in [2.24, 2.45) is 56.7 Å². The van der Waals surface area contributed by atoms with Gasteiger partial charge in [-0.15, -0.1) is 0 Å². The number of fused-ring (bicyclic) bond motifs is 7. The van der Waals surface area contributed by atoms with E-state index in [9.17, 15) is 55.9 Å². The number of ether oxygens (including phenoxy) is 6. The second kappa shape index (κ2) is 17.5. The molecule has 0 unspecified atom stereocenters. The molecule has 3 heterocycles. The van der Waals surface area contributed by atoms with Crippen LogP contribution in [0.3, 0.4) is 0 Å². The van der Waals surface area contributed by atoms with Gasteiger partial charge in [0.1, 0.15) is 67.1 Å². The number of aliphatic hydroxyl groups excluding tert-OH is 10. The van der Waals surface area contributed by atoms with Gasteiger partial charge in [0.15, 0.2) is 12.6 Å². The van der Waals surface area contributed by atoms with Crippen LogP contribution in [-0.4, -0.2) is 169 Å². The van der Waals surface area contributed by atoms with Gasteiger partial charge in [-0.1, -0.05) is 60.1 Å². The van der Waals surface area contributed by atoms with Gasteiger partial charge in [0, 0.05) is 0 Å². The van der Waals surface area contributed by atoms with Crippen molar-refractivity contribution < 1.29 is 84.3 Å². The van der Waals surface area contributed by atoms with Crippen LogP contribution in [0.2, 0.25) is 0 Å². The first-order valence-corrected chi connectivity index (χ1v) is 23.7. The summed E-state index contributed by atoms with van der Waals surface area (Å²) in [7, 11) is 0. The Morgan fingerprint density at radius 3 is 2.03 bits per heavy atom. The molecule has 17 nitrogen and oxygen atoms in total. The third-order valence-corrected chi connectivity index (χ3v) is 18.6. The van der Waals surface area contributed by atoms with Crippen LogP contribution in [0.15, 0.2) is 11.6 Å². The molecule has 3 saturated heterocycles. The van der Waals surface area contributed by atoms with Crippen LogP contribution in [0.4, 0.5) is 0 Å². The van der Waals surface area contributed by atoms with E-state index >= 15 is 0 Å². The third kappa shape index (κ3) is 7.95. The molecule has 0 amide bonds. The SMILES string of the molecule is CC1(C)C[C@@H](C(=O)O[C@@H]2O[C@H](CO[C@@H]3O[C@H](CO)[C@@H](O)[C@H](O)[C@H]3O)[C@@H](O)[C@H](O)[C@H]2O)[C@@H]2CC[C@]3(C)C(=CC[C@@H]4[C@@]5(C)CC[C@H](O[C@@H]6OC[C@H](O)[C@H](O)[C@H]6O)C(C)(C)[C@@H]5CC[C@]43C)[C@@H]2C1. The molecule has 4 saturated carbocycles. The molecule has 7 fully saturated rings. The van der Waals surface area contributed by atoms with Crippen molar-refractivity contribution in [3.63, 3.8) is 0 Å². The molecule has 0 radical (unpaired) electrons. The summed E-state index contributed by atoms with van der Waals surface area (Å²) in [5.41, 5.74) is 0.771. The van der Waals surface area contributed by atoms with Crippen molar-refractivity contribution in [2.45, 2.75) is 198 Å². The van der Waals surface area contributed by atoms with E-state index in [0.717, 1.165) is 51.4 Å². The number of hydrogen-bond donors (Lipinski definition) is 10. The topological polar surface area (TPSA) is 275 Å². The summed E-state index contributed by atoms with van der Waals surface area (Å²) >= 11 is 0. The number of rotatable bonds is 8. The largest absolute Gasteiger partial charge is 0.432 e. The molecular formula is C47H76O17. The highest BCUT2D eigenvalue weighted by molar-refractivity contribution is 5.73. The quantitative estimate of drug-likeness (QED) is 0.0909. The lowest BCUT2D eigenvalue weighted by molar-refractivity contribution is -0.327. The first-order chi connectivity index (χ1) is 29.9. The summed E-state index contributed by atoms with van der Waals surface area (Å²) in [6.45, 7) is 15.0. The molecule has 0 aromatic heterocycles. The summed E-state index contributed by atoms with van der Waals surface area (Å²) in [5.74, 6) is -0.292. The predicted molar refractivity (Wildman–Crippen MR) is 224 cm³/mol. The van der Waals surface area contributed by atoms with Crippen LogP contribution in [-0.2, 0) is 33.2 Å². The van der Waals surface area contributed by atoms with Crippen LogP contribution in [0.25, 0.3) is 0 Å². The Bertz CT molecular complexity index is 1720. The smallest absolute Gasteiger partial charge is 0.311 e. The van der Waals surface area contributed by atoms with E-state index in [1.165, 1.54) is 5.57 Å². The molecule has 64 heavy (non-hydrogen) atoms. The molecule has 23 atom stereocenters. The number of esters is 1. The van der Waals surface area contributed by atoms with Crippen molar-refractivity contribution in [1.82, 2.24) is 0 Å². The van der Waals surface area contributed by atoms with E-state index < -0.39 is 111 Å². The fourth-order valence-electron chi connectivity index (χ4n) is 14.9. The van der Waals surface area contributed by atoms with Gasteiger partial charge >= 0.3 is 5.97 Å². The Kier molecular flexibility index (Phi) is 13.4. The summed E-state index contributed by atoms with van der Waals surface area (Å²) in [5, 5.41) is 104. The monoisotopic (exact) mass is 913 g/mol. The molecule has 366 valence electrons. The minimum atomic E-state index is -1.78. The predicted octanol–water partition coefficient (Wildman–Crippen LogP) is 0.636. The maximum Gasteiger partial charge on any atom is 0.311 e. The number of allylic oxidation sites excluding steroid dienone is 2. The van der Waals surface area contributed by atoms with E-state index in [2.05, 4.69) is 54.5 Å². The Morgan fingerprint density at radius 2 is 1.34 bits per heavy atom. The number of carbonyl (C=O) groups is 1. The normalized spacial score (nSPS) is 53.4. The summed E-state index contributed by atoms with van der Waals surface area (Å²) < 4.78 is 35.0. The van der Waals surface area contributed by atoms with E-state index in [0.29, 0.717) is 18.3 Å². The van der Waals surface area contributed by atoms with E-state index in [4.69, 9.17) is 28.4 Å². The lowest BCUT2D eigenvalue weighted by Gasteiger charge is -2.71. The van der Waals surface area contributed by atoms with Gasteiger partial charge in [0.05, 0.1) is 31.8 Å². The molecule has 10 N–H and O–H groups in total. The number of carbonyl (C=O) groups excluding carboxylic acids is 1. The molecule has 17 heteroatoms. The average Bonchev–Trinajstić information content (AvgIpc) is 3.23. The second-order valence-corrected chi connectivity index (χ2v) is 23.0. The molecule has 0 aromatic rings. The lowest BCUT2D eigenvalue weighted by atomic mass is 9.34. The number of hydrogen-bond acceptors (Lipinski definition) is 17. The molecule has 8 rings (SSSR count). The lowest BCUT2D eigenvalue weighted by Crippen LogP contribution is -2.65. The van der Waals surface area contributed by atoms with Gasteiger partial charge < -0.3 is 79.5 Å². The Balaban J connectivity index is 0.971. The van der Waals surface area contributed by atoms with Crippen LogP contribution < -0.4 is 0 Å². The van der Waals surface area contributed by atoms with Crippen LogP contribution in [0.1, 0.15) is 106 Å². The highest BCUT2D eigenvalue weighted by atomic mass is 16.7. The zero-order chi connectivity index (χ0) is 46.6. The Morgan fingerprint density at radius 1 is 0.703 bits per heavy atom. The van der Waals surface area contributed by atoms with Gasteiger partial charge in [0.25, 0.3) is 0 Å². The fourth-order valence-corrected chi connectivity index (χ4v) is 14.9. The van der Waals surface area contributed by atoms with Crippen molar-refractivity contribution in [2.75, 3.05) is 19.8 Å². The first kappa shape index (κ1) is 49.0. The van der Waals surface area contributed by atoms with Crippen LogP contribution in [0.5, 0.6) is 0 Å².